The molecule has 0 atom stereocenters. The Morgan fingerprint density at radius 3 is 2.21 bits per heavy atom. The molecule has 1 aliphatic heterocycles. The van der Waals surface area contributed by atoms with Crippen LogP contribution in [0.3, 0.4) is 0 Å². The fourth-order valence-electron chi connectivity index (χ4n) is 4.04. The van der Waals surface area contributed by atoms with E-state index in [9.17, 15) is 17.6 Å². The van der Waals surface area contributed by atoms with Crippen molar-refractivity contribution in [3.63, 3.8) is 0 Å². The van der Waals surface area contributed by atoms with Crippen molar-refractivity contribution in [2.75, 3.05) is 13.1 Å². The van der Waals surface area contributed by atoms with Gasteiger partial charge in [-0.1, -0.05) is 66.7 Å². The number of nitrogens with one attached hydrogen (secondary N) is 1. The molecule has 0 aromatic heterocycles. The van der Waals surface area contributed by atoms with Gasteiger partial charge in [0.2, 0.25) is 10.0 Å². The number of amides is 1. The molecule has 1 fully saturated rings. The third-order valence-electron chi connectivity index (χ3n) is 5.83. The summed E-state index contributed by atoms with van der Waals surface area (Å²) in [6, 6.07) is 23.8. The molecule has 172 valence electrons. The number of carbonyl (C=O) groups excluding carboxylic acids is 1. The van der Waals surface area contributed by atoms with Crippen LogP contribution in [0.4, 0.5) is 9.18 Å². The minimum Gasteiger partial charge on any atom is -0.438 e. The standard InChI is InChI=1S/C25H25FN2O4S/c26-22-12-7-13-23(18-22)33(30,31)28-16-14-25(15-17-28,21-10-5-2-6-11-21)32-24(29)27-19-20-8-3-1-4-9-20/h1-13,18H,14-17,19H2,(H,27,29). The van der Waals surface area contributed by atoms with Crippen LogP contribution in [-0.2, 0) is 26.9 Å². The molecule has 0 saturated carbocycles. The number of alkyl carbamates (subject to hydrolysis) is 1. The summed E-state index contributed by atoms with van der Waals surface area (Å²) in [7, 11) is -3.85. The van der Waals surface area contributed by atoms with E-state index in [0.29, 0.717) is 6.54 Å². The maximum Gasteiger partial charge on any atom is 0.408 e. The van der Waals surface area contributed by atoms with Gasteiger partial charge < -0.3 is 10.1 Å². The van der Waals surface area contributed by atoms with Gasteiger partial charge in [0.1, 0.15) is 11.4 Å². The minimum atomic E-state index is -3.85. The second-order valence-electron chi connectivity index (χ2n) is 7.95. The van der Waals surface area contributed by atoms with Crippen molar-refractivity contribution in [1.29, 1.82) is 0 Å². The number of ether oxygens (including phenoxy) is 1. The Morgan fingerprint density at radius 2 is 1.58 bits per heavy atom. The summed E-state index contributed by atoms with van der Waals surface area (Å²) in [6.07, 6.45) is -0.00149. The number of hydrogen-bond donors (Lipinski definition) is 1. The monoisotopic (exact) mass is 468 g/mol. The molecule has 0 radical (unpaired) electrons. The first-order valence-electron chi connectivity index (χ1n) is 10.7. The first-order valence-corrected chi connectivity index (χ1v) is 12.2. The lowest BCUT2D eigenvalue weighted by Crippen LogP contribution is -2.48. The molecule has 1 heterocycles. The molecule has 3 aromatic rings. The number of sulfonamides is 1. The van der Waals surface area contributed by atoms with Crippen LogP contribution < -0.4 is 5.32 Å². The number of piperidine rings is 1. The minimum absolute atomic E-state index is 0.0868. The second kappa shape index (κ2) is 9.72. The summed E-state index contributed by atoms with van der Waals surface area (Å²) in [4.78, 5) is 12.6. The molecule has 0 unspecified atom stereocenters. The van der Waals surface area contributed by atoms with E-state index in [0.717, 1.165) is 17.2 Å². The van der Waals surface area contributed by atoms with Crippen molar-refractivity contribution in [1.82, 2.24) is 9.62 Å². The average Bonchev–Trinajstić information content (AvgIpc) is 2.84. The van der Waals surface area contributed by atoms with Crippen LogP contribution >= 0.6 is 0 Å². The zero-order valence-corrected chi connectivity index (χ0v) is 18.8. The molecule has 1 aliphatic rings. The Kier molecular flexibility index (Phi) is 6.76. The topological polar surface area (TPSA) is 75.7 Å². The summed E-state index contributed by atoms with van der Waals surface area (Å²) in [5.41, 5.74) is 0.789. The Morgan fingerprint density at radius 1 is 0.939 bits per heavy atom. The van der Waals surface area contributed by atoms with Crippen LogP contribution in [0.2, 0.25) is 0 Å². The van der Waals surface area contributed by atoms with E-state index in [1.807, 2.05) is 60.7 Å². The molecule has 0 aliphatic carbocycles. The smallest absolute Gasteiger partial charge is 0.408 e. The van der Waals surface area contributed by atoms with Crippen molar-refractivity contribution < 1.29 is 22.3 Å². The average molecular weight is 469 g/mol. The Balaban J connectivity index is 1.50. The molecule has 6 nitrogen and oxygen atoms in total. The van der Waals surface area contributed by atoms with Crippen molar-refractivity contribution in [3.05, 3.63) is 102 Å². The molecule has 33 heavy (non-hydrogen) atoms. The van der Waals surface area contributed by atoms with Crippen molar-refractivity contribution in [3.8, 4) is 0 Å². The summed E-state index contributed by atoms with van der Waals surface area (Å²) >= 11 is 0. The van der Waals surface area contributed by atoms with Crippen LogP contribution in [0.25, 0.3) is 0 Å². The van der Waals surface area contributed by atoms with E-state index in [4.69, 9.17) is 4.74 Å². The zero-order valence-electron chi connectivity index (χ0n) is 18.0. The number of rotatable bonds is 6. The Bertz CT molecular complexity index is 1200. The van der Waals surface area contributed by atoms with Crippen molar-refractivity contribution >= 4 is 16.1 Å². The predicted octanol–water partition coefficient (Wildman–Crippen LogP) is 4.43. The predicted molar refractivity (Wildman–Crippen MR) is 122 cm³/mol. The number of carbonyl (C=O) groups is 1. The number of nitrogens with zero attached hydrogens (tertiary/aromatic N) is 1. The van der Waals surface area contributed by atoms with Gasteiger partial charge in [0.15, 0.2) is 0 Å². The van der Waals surface area contributed by atoms with Gasteiger partial charge >= 0.3 is 6.09 Å². The highest BCUT2D eigenvalue weighted by Crippen LogP contribution is 2.38. The van der Waals surface area contributed by atoms with Crippen LogP contribution in [0.1, 0.15) is 24.0 Å². The van der Waals surface area contributed by atoms with Gasteiger partial charge in [-0.05, 0) is 29.3 Å². The normalized spacial score (nSPS) is 16.2. The van der Waals surface area contributed by atoms with E-state index in [-0.39, 0.29) is 30.8 Å². The van der Waals surface area contributed by atoms with E-state index in [2.05, 4.69) is 5.32 Å². The maximum absolute atomic E-state index is 13.6. The highest BCUT2D eigenvalue weighted by Gasteiger charge is 2.43. The molecule has 8 heteroatoms. The van der Waals surface area contributed by atoms with Crippen LogP contribution in [0.15, 0.2) is 89.8 Å². The number of halogens is 1. The van der Waals surface area contributed by atoms with Gasteiger partial charge in [0.05, 0.1) is 4.90 Å². The zero-order chi connectivity index (χ0) is 23.3. The number of hydrogen-bond acceptors (Lipinski definition) is 4. The highest BCUT2D eigenvalue weighted by atomic mass is 32.2. The first kappa shape index (κ1) is 22.9. The highest BCUT2D eigenvalue weighted by molar-refractivity contribution is 7.89. The molecule has 1 saturated heterocycles. The third-order valence-corrected chi connectivity index (χ3v) is 7.73. The lowest BCUT2D eigenvalue weighted by Gasteiger charge is -2.41. The fourth-order valence-corrected chi connectivity index (χ4v) is 5.51. The molecule has 3 aromatic carbocycles. The molecular formula is C25H25FN2O4S. The number of benzene rings is 3. The lowest BCUT2D eigenvalue weighted by atomic mass is 9.85. The van der Waals surface area contributed by atoms with Gasteiger partial charge in [0.25, 0.3) is 0 Å². The van der Waals surface area contributed by atoms with Crippen molar-refractivity contribution in [2.24, 2.45) is 0 Å². The van der Waals surface area contributed by atoms with Gasteiger partial charge in [-0.15, -0.1) is 0 Å². The molecule has 1 N–H and O–H groups in total. The van der Waals surface area contributed by atoms with E-state index in [1.165, 1.54) is 22.5 Å². The summed E-state index contributed by atoms with van der Waals surface area (Å²) in [5.74, 6) is -0.606. The van der Waals surface area contributed by atoms with E-state index in [1.54, 1.807) is 0 Å². The molecule has 0 bridgehead atoms. The second-order valence-corrected chi connectivity index (χ2v) is 9.89. The molecule has 0 spiro atoms. The van der Waals surface area contributed by atoms with E-state index >= 15 is 0 Å². The fraction of sp³-hybridized carbons (Fsp3) is 0.240. The van der Waals surface area contributed by atoms with Gasteiger partial charge in [-0.2, -0.15) is 4.31 Å². The molecule has 4 rings (SSSR count). The summed E-state index contributed by atoms with van der Waals surface area (Å²) < 4.78 is 46.9. The van der Waals surface area contributed by atoms with Crippen LogP contribution in [0.5, 0.6) is 0 Å². The summed E-state index contributed by atoms with van der Waals surface area (Å²) in [6.45, 7) is 0.601. The SMILES string of the molecule is O=C(NCc1ccccc1)OC1(c2ccccc2)CCN(S(=O)(=O)c2cccc(F)c2)CC1. The third kappa shape index (κ3) is 5.23. The van der Waals surface area contributed by atoms with E-state index < -0.39 is 27.5 Å². The Labute approximate surface area is 193 Å². The maximum atomic E-state index is 13.6. The largest absolute Gasteiger partial charge is 0.438 e. The Hall–Kier alpha value is -3.23. The quantitative estimate of drug-likeness (QED) is 0.581. The van der Waals surface area contributed by atoms with Gasteiger partial charge in [0, 0.05) is 32.5 Å². The van der Waals surface area contributed by atoms with Crippen LogP contribution in [0, 0.1) is 5.82 Å². The van der Waals surface area contributed by atoms with Gasteiger partial charge in [-0.3, -0.25) is 0 Å². The lowest BCUT2D eigenvalue weighted by molar-refractivity contribution is -0.0279. The van der Waals surface area contributed by atoms with Crippen LogP contribution in [-0.4, -0.2) is 31.9 Å². The molecular weight excluding hydrogens is 443 g/mol. The van der Waals surface area contributed by atoms with Gasteiger partial charge in [-0.25, -0.2) is 17.6 Å². The summed E-state index contributed by atoms with van der Waals surface area (Å²) in [5, 5.41) is 2.78. The van der Waals surface area contributed by atoms with Crippen molar-refractivity contribution in [2.45, 2.75) is 29.9 Å². The molecule has 1 amide bonds. The first-order chi connectivity index (χ1) is 15.9.